The van der Waals surface area contributed by atoms with E-state index in [1.807, 2.05) is 13.1 Å². The number of likely N-dealkylation sites (tertiary alicyclic amines) is 1. The van der Waals surface area contributed by atoms with Crippen LogP contribution >= 0.6 is 0 Å². The van der Waals surface area contributed by atoms with Crippen molar-refractivity contribution in [3.05, 3.63) is 24.8 Å². The average Bonchev–Trinajstić information content (AvgIpc) is 2.82. The summed E-state index contributed by atoms with van der Waals surface area (Å²) in [4.78, 5) is 14.3. The van der Waals surface area contributed by atoms with Crippen LogP contribution in [0.4, 0.5) is 4.79 Å². The van der Waals surface area contributed by atoms with Crippen molar-refractivity contribution in [3.8, 4) is 0 Å². The molecule has 26 heavy (non-hydrogen) atoms. The molecule has 0 bridgehead atoms. The summed E-state index contributed by atoms with van der Waals surface area (Å²) in [7, 11) is -4.68. The fourth-order valence-corrected chi connectivity index (χ4v) is 4.61. The second-order valence-corrected chi connectivity index (χ2v) is 12.8. The molecule has 0 aromatic heterocycles. The number of carbonyl (C=O) groups excluding carboxylic acids is 1. The number of sulfone groups is 1. The normalized spacial score (nSPS) is 24.4. The lowest BCUT2D eigenvalue weighted by Gasteiger charge is -2.37. The van der Waals surface area contributed by atoms with Crippen molar-refractivity contribution in [3.63, 3.8) is 0 Å². The molecule has 0 unspecified atom stereocenters. The standard InChI is InChI=1S/C18H33NO5SSi/c1-8-11-23-16(20)19-14-15(17(2,3)4)13-18(19,24-26(6)7)10-9-12-25(5,21)22/h8-10,15,26H,1,11-14H2,2-7H3/t15-,18+/m0/s1. The molecule has 6 nitrogen and oxygen atoms in total. The first-order valence-electron chi connectivity index (χ1n) is 8.89. The fourth-order valence-electron chi connectivity index (χ4n) is 3.04. The Morgan fingerprint density at radius 1 is 1.38 bits per heavy atom. The van der Waals surface area contributed by atoms with Crippen LogP contribution in [0.2, 0.25) is 13.1 Å². The molecule has 1 fully saturated rings. The highest BCUT2D eigenvalue weighted by Crippen LogP contribution is 2.44. The van der Waals surface area contributed by atoms with E-state index in [9.17, 15) is 13.2 Å². The quantitative estimate of drug-likeness (QED) is 0.483. The van der Waals surface area contributed by atoms with Crippen LogP contribution in [0.5, 0.6) is 0 Å². The molecule has 0 spiro atoms. The van der Waals surface area contributed by atoms with E-state index in [0.29, 0.717) is 13.0 Å². The zero-order chi connectivity index (χ0) is 20.2. The van der Waals surface area contributed by atoms with Crippen molar-refractivity contribution in [2.24, 2.45) is 11.3 Å². The maximum atomic E-state index is 12.7. The Hall–Kier alpha value is -1.12. The van der Waals surface area contributed by atoms with Crippen LogP contribution < -0.4 is 0 Å². The first-order valence-corrected chi connectivity index (χ1v) is 13.7. The van der Waals surface area contributed by atoms with Gasteiger partial charge in [-0.1, -0.05) is 39.5 Å². The molecule has 8 heteroatoms. The molecule has 1 heterocycles. The van der Waals surface area contributed by atoms with Gasteiger partial charge in [-0.3, -0.25) is 4.90 Å². The molecule has 1 rings (SSSR count). The third kappa shape index (κ3) is 6.55. The van der Waals surface area contributed by atoms with Gasteiger partial charge in [0.2, 0.25) is 0 Å². The number of ether oxygens (including phenoxy) is 1. The molecular formula is C18H33NO5SSi. The molecule has 0 aromatic carbocycles. The summed E-state index contributed by atoms with van der Waals surface area (Å²) < 4.78 is 34.6. The zero-order valence-corrected chi connectivity index (χ0v) is 18.8. The van der Waals surface area contributed by atoms with Crippen LogP contribution in [0.3, 0.4) is 0 Å². The predicted octanol–water partition coefficient (Wildman–Crippen LogP) is 2.97. The Morgan fingerprint density at radius 3 is 2.46 bits per heavy atom. The fraction of sp³-hybridized carbons (Fsp3) is 0.722. The van der Waals surface area contributed by atoms with Crippen LogP contribution in [-0.2, 0) is 19.0 Å². The van der Waals surface area contributed by atoms with E-state index >= 15 is 0 Å². The average molecular weight is 404 g/mol. The lowest BCUT2D eigenvalue weighted by Crippen LogP contribution is -2.50. The van der Waals surface area contributed by atoms with Gasteiger partial charge in [0.05, 0.1) is 5.75 Å². The van der Waals surface area contributed by atoms with E-state index in [1.165, 1.54) is 12.3 Å². The summed E-state index contributed by atoms with van der Waals surface area (Å²) in [6.45, 7) is 14.7. The van der Waals surface area contributed by atoms with Gasteiger partial charge in [-0.15, -0.1) is 0 Å². The molecule has 0 aliphatic carbocycles. The Balaban J connectivity index is 3.27. The Kier molecular flexibility index (Phi) is 7.68. The summed E-state index contributed by atoms with van der Waals surface area (Å²) in [5, 5.41) is 0. The lowest BCUT2D eigenvalue weighted by atomic mass is 9.79. The van der Waals surface area contributed by atoms with Gasteiger partial charge in [-0.05, 0) is 30.5 Å². The minimum Gasteiger partial charge on any atom is -0.445 e. The van der Waals surface area contributed by atoms with Crippen molar-refractivity contribution in [2.45, 2.75) is 46.0 Å². The van der Waals surface area contributed by atoms with E-state index in [4.69, 9.17) is 9.16 Å². The predicted molar refractivity (Wildman–Crippen MR) is 107 cm³/mol. The highest BCUT2D eigenvalue weighted by Gasteiger charge is 2.51. The first-order chi connectivity index (χ1) is 11.8. The third-order valence-electron chi connectivity index (χ3n) is 4.39. The topological polar surface area (TPSA) is 72.9 Å². The number of rotatable bonds is 7. The van der Waals surface area contributed by atoms with Crippen LogP contribution in [0.1, 0.15) is 27.2 Å². The van der Waals surface area contributed by atoms with Crippen molar-refractivity contribution in [1.82, 2.24) is 4.90 Å². The Labute approximate surface area is 159 Å². The second-order valence-electron chi connectivity index (χ2n) is 8.25. The van der Waals surface area contributed by atoms with Crippen molar-refractivity contribution in [1.29, 1.82) is 0 Å². The van der Waals surface area contributed by atoms with Crippen LogP contribution in [0.15, 0.2) is 24.8 Å². The molecule has 0 N–H and O–H groups in total. The molecule has 0 radical (unpaired) electrons. The maximum Gasteiger partial charge on any atom is 0.412 e. The first kappa shape index (κ1) is 22.9. The van der Waals surface area contributed by atoms with Crippen LogP contribution in [-0.4, -0.2) is 59.3 Å². The van der Waals surface area contributed by atoms with Gasteiger partial charge in [0.15, 0.2) is 24.6 Å². The van der Waals surface area contributed by atoms with Gasteiger partial charge < -0.3 is 9.16 Å². The van der Waals surface area contributed by atoms with Crippen LogP contribution in [0.25, 0.3) is 0 Å². The van der Waals surface area contributed by atoms with E-state index < -0.39 is 30.7 Å². The summed E-state index contributed by atoms with van der Waals surface area (Å²) in [5.41, 5.74) is -0.980. The maximum absolute atomic E-state index is 12.7. The van der Waals surface area contributed by atoms with E-state index in [-0.39, 0.29) is 23.7 Å². The van der Waals surface area contributed by atoms with Crippen LogP contribution in [0, 0.1) is 11.3 Å². The zero-order valence-electron chi connectivity index (χ0n) is 16.8. The smallest absolute Gasteiger partial charge is 0.412 e. The highest BCUT2D eigenvalue weighted by molar-refractivity contribution is 7.90. The molecule has 0 aromatic rings. The van der Waals surface area contributed by atoms with Gasteiger partial charge in [0.25, 0.3) is 0 Å². The SMILES string of the molecule is C=CCOC(=O)N1C[C@@H](C(C)(C)C)C[C@@]1(C=CCS(C)(=O)=O)O[SiH](C)C. The summed E-state index contributed by atoms with van der Waals surface area (Å²) >= 11 is 0. The van der Waals surface area contributed by atoms with Crippen molar-refractivity contribution in [2.75, 3.05) is 25.2 Å². The number of hydrogen-bond acceptors (Lipinski definition) is 5. The molecule has 1 aliphatic heterocycles. The van der Waals surface area contributed by atoms with Gasteiger partial charge in [0, 0.05) is 19.2 Å². The number of carbonyl (C=O) groups is 1. The number of nitrogens with zero attached hydrogens (tertiary/aromatic N) is 1. The highest BCUT2D eigenvalue weighted by atomic mass is 32.2. The number of hydrogen-bond donors (Lipinski definition) is 0. The Bertz CT molecular complexity index is 638. The largest absolute Gasteiger partial charge is 0.445 e. The summed E-state index contributed by atoms with van der Waals surface area (Å²) in [6, 6.07) is 0. The van der Waals surface area contributed by atoms with Gasteiger partial charge in [-0.2, -0.15) is 0 Å². The minimum atomic E-state index is -3.14. The van der Waals surface area contributed by atoms with E-state index in [1.54, 1.807) is 17.1 Å². The van der Waals surface area contributed by atoms with Crippen molar-refractivity contribution >= 4 is 25.0 Å². The minimum absolute atomic E-state index is 0.0225. The van der Waals surface area contributed by atoms with Gasteiger partial charge in [0.1, 0.15) is 6.61 Å². The lowest BCUT2D eigenvalue weighted by molar-refractivity contribution is -0.0131. The summed E-state index contributed by atoms with van der Waals surface area (Å²) in [5.74, 6) is 0.113. The molecule has 1 saturated heterocycles. The van der Waals surface area contributed by atoms with Gasteiger partial charge in [-0.25, -0.2) is 13.2 Å². The molecule has 0 saturated carbocycles. The third-order valence-corrected chi connectivity index (χ3v) is 6.06. The second kappa shape index (κ2) is 8.71. The molecule has 1 amide bonds. The van der Waals surface area contributed by atoms with Gasteiger partial charge >= 0.3 is 6.09 Å². The Morgan fingerprint density at radius 2 is 2.00 bits per heavy atom. The summed E-state index contributed by atoms with van der Waals surface area (Å²) in [6.07, 6.45) is 6.19. The molecule has 2 atom stereocenters. The molecule has 1 aliphatic rings. The number of amides is 1. The van der Waals surface area contributed by atoms with E-state index in [0.717, 1.165) is 0 Å². The van der Waals surface area contributed by atoms with E-state index in [2.05, 4.69) is 27.4 Å². The molecular weight excluding hydrogens is 370 g/mol. The monoisotopic (exact) mass is 403 g/mol. The van der Waals surface area contributed by atoms with Crippen molar-refractivity contribution < 1.29 is 22.4 Å². The molecule has 150 valence electrons.